The van der Waals surface area contributed by atoms with Crippen molar-refractivity contribution in [3.63, 3.8) is 0 Å². The van der Waals surface area contributed by atoms with Crippen LogP contribution in [0, 0.1) is 0 Å². The van der Waals surface area contributed by atoms with Gasteiger partial charge in [0.25, 0.3) is 0 Å². The summed E-state index contributed by atoms with van der Waals surface area (Å²) < 4.78 is 5.46. The zero-order chi connectivity index (χ0) is 14.6. The maximum Gasteiger partial charge on any atom is 0.410 e. The van der Waals surface area contributed by atoms with E-state index in [-0.39, 0.29) is 12.1 Å². The van der Waals surface area contributed by atoms with E-state index in [0.717, 1.165) is 26.1 Å². The summed E-state index contributed by atoms with van der Waals surface area (Å²) in [6.45, 7) is 12.5. The third-order valence-corrected chi connectivity index (χ3v) is 3.59. The van der Waals surface area contributed by atoms with Crippen LogP contribution < -0.4 is 0 Å². The van der Waals surface area contributed by atoms with E-state index in [0.29, 0.717) is 11.9 Å². The first kappa shape index (κ1) is 16.6. The molecule has 1 aliphatic heterocycles. The zero-order valence-corrected chi connectivity index (χ0v) is 13.5. The Bertz CT molecular complexity index is 304. The van der Waals surface area contributed by atoms with Crippen LogP contribution in [0.25, 0.3) is 0 Å². The zero-order valence-electron chi connectivity index (χ0n) is 12.8. The highest BCUT2D eigenvalue weighted by atomic mass is 35.5. The molecule has 0 radical (unpaired) electrons. The first-order valence-corrected chi connectivity index (χ1v) is 7.57. The number of piperazine rings is 1. The summed E-state index contributed by atoms with van der Waals surface area (Å²) in [5, 5.41) is 0. The lowest BCUT2D eigenvalue weighted by Crippen LogP contribution is -2.58. The number of halogens is 1. The van der Waals surface area contributed by atoms with Crippen LogP contribution in [0.1, 0.15) is 41.0 Å². The molecule has 19 heavy (non-hydrogen) atoms. The second-order valence-corrected chi connectivity index (χ2v) is 6.75. The van der Waals surface area contributed by atoms with Gasteiger partial charge in [-0.2, -0.15) is 0 Å². The minimum absolute atomic E-state index is 0.182. The Balaban J connectivity index is 2.57. The smallest absolute Gasteiger partial charge is 0.410 e. The van der Waals surface area contributed by atoms with Crippen molar-refractivity contribution in [1.82, 2.24) is 9.80 Å². The van der Waals surface area contributed by atoms with E-state index in [4.69, 9.17) is 16.3 Å². The molecule has 1 amide bonds. The van der Waals surface area contributed by atoms with Crippen LogP contribution in [0.15, 0.2) is 0 Å². The molecule has 4 nitrogen and oxygen atoms in total. The van der Waals surface area contributed by atoms with Crippen LogP contribution in [0.4, 0.5) is 4.79 Å². The normalized spacial score (nSPS) is 25.5. The fraction of sp³-hybridized carbons (Fsp3) is 0.929. The van der Waals surface area contributed by atoms with E-state index in [1.54, 1.807) is 0 Å². The van der Waals surface area contributed by atoms with Gasteiger partial charge in [-0.25, -0.2) is 4.79 Å². The Morgan fingerprint density at radius 2 is 1.89 bits per heavy atom. The highest BCUT2D eigenvalue weighted by Gasteiger charge is 2.33. The molecule has 0 aromatic heterocycles. The van der Waals surface area contributed by atoms with Gasteiger partial charge in [0, 0.05) is 31.1 Å². The Morgan fingerprint density at radius 1 is 1.26 bits per heavy atom. The second-order valence-electron chi connectivity index (χ2n) is 6.37. The number of hydrogen-bond acceptors (Lipinski definition) is 3. The number of ether oxygens (including phenoxy) is 1. The van der Waals surface area contributed by atoms with Crippen LogP contribution in [-0.2, 0) is 4.74 Å². The molecule has 0 aliphatic carbocycles. The quantitative estimate of drug-likeness (QED) is 0.749. The molecule has 0 N–H and O–H groups in total. The molecule has 0 spiro atoms. The van der Waals surface area contributed by atoms with Crippen LogP contribution in [0.3, 0.4) is 0 Å². The minimum Gasteiger partial charge on any atom is -0.444 e. The van der Waals surface area contributed by atoms with Crippen molar-refractivity contribution in [3.05, 3.63) is 0 Å². The number of carbonyl (C=O) groups excluding carboxylic acids is 1. The summed E-state index contributed by atoms with van der Waals surface area (Å²) in [7, 11) is 0. The summed E-state index contributed by atoms with van der Waals surface area (Å²) in [4.78, 5) is 16.4. The van der Waals surface area contributed by atoms with Gasteiger partial charge in [-0.05, 0) is 47.6 Å². The summed E-state index contributed by atoms with van der Waals surface area (Å²) in [6.07, 6.45) is 0.786. The van der Waals surface area contributed by atoms with E-state index < -0.39 is 5.60 Å². The Morgan fingerprint density at radius 3 is 2.42 bits per heavy atom. The number of rotatable bonds is 3. The maximum absolute atomic E-state index is 12.2. The third-order valence-electron chi connectivity index (χ3n) is 3.32. The molecule has 1 rings (SSSR count). The summed E-state index contributed by atoms with van der Waals surface area (Å²) in [5.74, 6) is 0.688. The topological polar surface area (TPSA) is 32.8 Å². The van der Waals surface area contributed by atoms with Gasteiger partial charge in [0.15, 0.2) is 0 Å². The van der Waals surface area contributed by atoms with Crippen LogP contribution in [0.5, 0.6) is 0 Å². The molecule has 1 heterocycles. The van der Waals surface area contributed by atoms with E-state index in [2.05, 4.69) is 18.7 Å². The molecule has 1 aliphatic rings. The first-order chi connectivity index (χ1) is 8.74. The van der Waals surface area contributed by atoms with Gasteiger partial charge < -0.3 is 9.64 Å². The average Bonchev–Trinajstić information content (AvgIpc) is 2.27. The lowest BCUT2D eigenvalue weighted by atomic mass is 10.1. The Hall–Kier alpha value is -0.480. The van der Waals surface area contributed by atoms with E-state index in [1.807, 2.05) is 25.7 Å². The minimum atomic E-state index is -0.435. The molecular weight excluding hydrogens is 264 g/mol. The predicted molar refractivity (Wildman–Crippen MR) is 78.8 cm³/mol. The average molecular weight is 291 g/mol. The molecule has 0 saturated carbocycles. The molecule has 0 unspecified atom stereocenters. The molecule has 0 bridgehead atoms. The molecule has 2 atom stereocenters. The van der Waals surface area contributed by atoms with Gasteiger partial charge in [0.2, 0.25) is 0 Å². The number of alkyl halides is 1. The molecule has 1 saturated heterocycles. The molecule has 112 valence electrons. The largest absolute Gasteiger partial charge is 0.444 e. The highest BCUT2D eigenvalue weighted by molar-refractivity contribution is 6.17. The summed E-state index contributed by atoms with van der Waals surface area (Å²) in [5.41, 5.74) is -0.435. The van der Waals surface area contributed by atoms with Crippen molar-refractivity contribution in [2.45, 2.75) is 58.7 Å². The van der Waals surface area contributed by atoms with Gasteiger partial charge in [-0.15, -0.1) is 11.6 Å². The fourth-order valence-electron chi connectivity index (χ4n) is 2.35. The summed E-state index contributed by atoms with van der Waals surface area (Å²) >= 11 is 5.75. The van der Waals surface area contributed by atoms with Crippen molar-refractivity contribution in [1.29, 1.82) is 0 Å². The van der Waals surface area contributed by atoms with Gasteiger partial charge in [0.05, 0.1) is 0 Å². The van der Waals surface area contributed by atoms with Crippen LogP contribution >= 0.6 is 11.6 Å². The first-order valence-electron chi connectivity index (χ1n) is 7.04. The van der Waals surface area contributed by atoms with Crippen LogP contribution in [0.2, 0.25) is 0 Å². The number of carbonyl (C=O) groups is 1. The Kier molecular flexibility index (Phi) is 5.93. The monoisotopic (exact) mass is 290 g/mol. The van der Waals surface area contributed by atoms with Crippen molar-refractivity contribution in [2.24, 2.45) is 0 Å². The van der Waals surface area contributed by atoms with Gasteiger partial charge in [-0.1, -0.05) is 0 Å². The van der Waals surface area contributed by atoms with Gasteiger partial charge in [0.1, 0.15) is 5.60 Å². The number of nitrogens with zero attached hydrogens (tertiary/aromatic N) is 2. The SMILES string of the molecule is C[C@@H]1CN(CCCCl)[C@@H](C)CN1C(=O)OC(C)(C)C. The van der Waals surface area contributed by atoms with Crippen molar-refractivity contribution < 1.29 is 9.53 Å². The third kappa shape index (κ3) is 5.19. The lowest BCUT2D eigenvalue weighted by Gasteiger charge is -2.44. The molecular formula is C14H27ClN2O2. The van der Waals surface area contributed by atoms with Crippen LogP contribution in [-0.4, -0.2) is 59.1 Å². The molecule has 5 heteroatoms. The maximum atomic E-state index is 12.2. The summed E-state index contributed by atoms with van der Waals surface area (Å²) in [6, 6.07) is 0.535. The Labute approximate surface area is 122 Å². The van der Waals surface area contributed by atoms with Crippen molar-refractivity contribution in [2.75, 3.05) is 25.5 Å². The van der Waals surface area contributed by atoms with Crippen molar-refractivity contribution >= 4 is 17.7 Å². The van der Waals surface area contributed by atoms with Gasteiger partial charge in [-0.3, -0.25) is 4.90 Å². The van der Waals surface area contributed by atoms with Crippen molar-refractivity contribution in [3.8, 4) is 0 Å². The van der Waals surface area contributed by atoms with E-state index in [9.17, 15) is 4.79 Å². The standard InChI is InChI=1S/C14H27ClN2O2/c1-11-10-17(13(18)19-14(3,4)5)12(2)9-16(11)8-6-7-15/h11-12H,6-10H2,1-5H3/t11-,12+/m0/s1. The molecule has 0 aromatic carbocycles. The number of hydrogen-bond donors (Lipinski definition) is 0. The fourth-order valence-corrected chi connectivity index (χ4v) is 2.47. The number of amides is 1. The molecule has 1 fully saturated rings. The van der Waals surface area contributed by atoms with Gasteiger partial charge >= 0.3 is 6.09 Å². The highest BCUT2D eigenvalue weighted by Crippen LogP contribution is 2.19. The lowest BCUT2D eigenvalue weighted by molar-refractivity contribution is -0.00994. The molecule has 0 aromatic rings. The van der Waals surface area contributed by atoms with E-state index >= 15 is 0 Å². The van der Waals surface area contributed by atoms with E-state index in [1.165, 1.54) is 0 Å². The second kappa shape index (κ2) is 6.80. The predicted octanol–water partition coefficient (Wildman–Crippen LogP) is 2.95.